The van der Waals surface area contributed by atoms with Gasteiger partial charge in [-0.25, -0.2) is 0 Å². The zero-order valence-electron chi connectivity index (χ0n) is 10.2. The molecule has 1 aromatic carbocycles. The maximum absolute atomic E-state index is 11.9. The highest BCUT2D eigenvalue weighted by atomic mass is 32.2. The van der Waals surface area contributed by atoms with E-state index in [1.54, 1.807) is 30.3 Å². The number of ether oxygens (including phenoxy) is 1. The summed E-state index contributed by atoms with van der Waals surface area (Å²) in [5.74, 6) is -0.737. The number of hydrogen-bond donors (Lipinski definition) is 0. The molecule has 1 rings (SSSR count). The normalized spacial score (nSPS) is 11.7. The van der Waals surface area contributed by atoms with Gasteiger partial charge in [-0.3, -0.25) is 14.4 Å². The second kappa shape index (κ2) is 6.96. The Labute approximate surface area is 110 Å². The monoisotopic (exact) mass is 266 g/mol. The van der Waals surface area contributed by atoms with Crippen LogP contribution < -0.4 is 0 Å². The molecular weight excluding hydrogens is 252 g/mol. The molecule has 1 atom stereocenters. The Hall–Kier alpha value is -1.62. The Morgan fingerprint density at radius 1 is 1.22 bits per heavy atom. The number of Topliss-reactive ketones (excluding diaryl/α,β-unsaturated/α-hetero) is 1. The molecule has 0 amide bonds. The van der Waals surface area contributed by atoms with Crippen molar-refractivity contribution >= 4 is 28.6 Å². The highest BCUT2D eigenvalue weighted by molar-refractivity contribution is 8.14. The molecule has 4 nitrogen and oxygen atoms in total. The maximum Gasteiger partial charge on any atom is 0.319 e. The third-order valence-corrected chi connectivity index (χ3v) is 3.21. The number of esters is 1. The predicted octanol–water partition coefficient (Wildman–Crippen LogP) is 2.08. The van der Waals surface area contributed by atoms with Crippen molar-refractivity contribution in [3.63, 3.8) is 0 Å². The fourth-order valence-corrected chi connectivity index (χ4v) is 2.24. The van der Waals surface area contributed by atoms with Crippen LogP contribution in [-0.4, -0.2) is 29.2 Å². The Morgan fingerprint density at radius 3 is 2.33 bits per heavy atom. The number of rotatable bonds is 5. The van der Waals surface area contributed by atoms with Gasteiger partial charge >= 0.3 is 5.97 Å². The van der Waals surface area contributed by atoms with Crippen molar-refractivity contribution in [2.75, 3.05) is 7.11 Å². The average molecular weight is 266 g/mol. The van der Waals surface area contributed by atoms with E-state index in [9.17, 15) is 14.4 Å². The van der Waals surface area contributed by atoms with Crippen LogP contribution in [0.15, 0.2) is 30.3 Å². The average Bonchev–Trinajstić information content (AvgIpc) is 2.37. The zero-order chi connectivity index (χ0) is 13.5. The number of thioether (sulfide) groups is 1. The van der Waals surface area contributed by atoms with E-state index in [-0.39, 0.29) is 17.3 Å². The summed E-state index contributed by atoms with van der Waals surface area (Å²) in [5, 5.41) is -0.994. The molecule has 0 spiro atoms. The molecule has 0 aliphatic rings. The first kappa shape index (κ1) is 14.4. The summed E-state index contributed by atoms with van der Waals surface area (Å²) in [7, 11) is 1.24. The fraction of sp³-hybridized carbons (Fsp3) is 0.308. The molecule has 1 aromatic rings. The quantitative estimate of drug-likeness (QED) is 0.603. The Balaban J connectivity index is 2.74. The van der Waals surface area contributed by atoms with Crippen molar-refractivity contribution < 1.29 is 19.1 Å². The van der Waals surface area contributed by atoms with Crippen LogP contribution in [0.25, 0.3) is 0 Å². The van der Waals surface area contributed by atoms with E-state index < -0.39 is 11.2 Å². The van der Waals surface area contributed by atoms with Gasteiger partial charge in [0, 0.05) is 18.9 Å². The molecule has 0 saturated carbocycles. The molecule has 0 aliphatic carbocycles. The van der Waals surface area contributed by atoms with Gasteiger partial charge in [-0.2, -0.15) is 0 Å². The Bertz CT molecular complexity index is 442. The first-order valence-corrected chi connectivity index (χ1v) is 6.26. The van der Waals surface area contributed by atoms with Crippen molar-refractivity contribution in [2.24, 2.45) is 0 Å². The Kier molecular flexibility index (Phi) is 5.58. The summed E-state index contributed by atoms with van der Waals surface area (Å²) >= 11 is 0.821. The lowest BCUT2D eigenvalue weighted by molar-refractivity contribution is -0.140. The van der Waals surface area contributed by atoms with Crippen LogP contribution in [0.5, 0.6) is 0 Å². The maximum atomic E-state index is 11.9. The van der Waals surface area contributed by atoms with Gasteiger partial charge in [-0.15, -0.1) is 0 Å². The third kappa shape index (κ3) is 4.33. The summed E-state index contributed by atoms with van der Waals surface area (Å²) in [6, 6.07) is 8.65. The van der Waals surface area contributed by atoms with Crippen LogP contribution in [0, 0.1) is 0 Å². The van der Waals surface area contributed by atoms with Crippen molar-refractivity contribution in [2.45, 2.75) is 18.6 Å². The topological polar surface area (TPSA) is 60.4 Å². The third-order valence-electron chi connectivity index (χ3n) is 2.24. The summed E-state index contributed by atoms with van der Waals surface area (Å²) in [6.07, 6.45) is -0.0407. The highest BCUT2D eigenvalue weighted by Gasteiger charge is 2.25. The predicted molar refractivity (Wildman–Crippen MR) is 69.5 cm³/mol. The molecule has 0 bridgehead atoms. The molecule has 0 aromatic heterocycles. The number of hydrogen-bond acceptors (Lipinski definition) is 5. The minimum absolute atomic E-state index is 0.0407. The summed E-state index contributed by atoms with van der Waals surface area (Å²) in [6.45, 7) is 1.35. The first-order chi connectivity index (χ1) is 8.54. The molecule has 0 saturated heterocycles. The van der Waals surface area contributed by atoms with Gasteiger partial charge in [0.25, 0.3) is 0 Å². The fourth-order valence-electron chi connectivity index (χ4n) is 1.42. The molecule has 0 aliphatic heterocycles. The van der Waals surface area contributed by atoms with Crippen molar-refractivity contribution in [1.82, 2.24) is 0 Å². The second-order valence-corrected chi connectivity index (χ2v) is 4.99. The number of benzene rings is 1. The molecule has 0 fully saturated rings. The number of carbonyl (C=O) groups is 3. The van der Waals surface area contributed by atoms with Gasteiger partial charge in [0.1, 0.15) is 5.25 Å². The molecule has 18 heavy (non-hydrogen) atoms. The summed E-state index contributed by atoms with van der Waals surface area (Å²) < 4.78 is 4.59. The van der Waals surface area contributed by atoms with Crippen LogP contribution >= 0.6 is 11.8 Å². The zero-order valence-corrected chi connectivity index (χ0v) is 11.0. The van der Waals surface area contributed by atoms with E-state index in [0.29, 0.717) is 5.56 Å². The highest BCUT2D eigenvalue weighted by Crippen LogP contribution is 2.19. The molecular formula is C13H14O4S. The van der Waals surface area contributed by atoms with E-state index in [2.05, 4.69) is 4.74 Å². The number of methoxy groups -OCH3 is 1. The lowest BCUT2D eigenvalue weighted by atomic mass is 10.1. The van der Waals surface area contributed by atoms with Crippen LogP contribution in [0.3, 0.4) is 0 Å². The Morgan fingerprint density at radius 2 is 1.83 bits per heavy atom. The number of carbonyl (C=O) groups excluding carboxylic acids is 3. The van der Waals surface area contributed by atoms with Gasteiger partial charge < -0.3 is 4.74 Å². The summed E-state index contributed by atoms with van der Waals surface area (Å²) in [4.78, 5) is 34.4. The molecule has 5 heteroatoms. The van der Waals surface area contributed by atoms with Crippen LogP contribution in [-0.2, 0) is 14.3 Å². The van der Waals surface area contributed by atoms with Crippen LogP contribution in [0.1, 0.15) is 23.7 Å². The van der Waals surface area contributed by atoms with E-state index >= 15 is 0 Å². The van der Waals surface area contributed by atoms with Gasteiger partial charge in [0.2, 0.25) is 0 Å². The van der Waals surface area contributed by atoms with Crippen LogP contribution in [0.4, 0.5) is 0 Å². The van der Waals surface area contributed by atoms with Crippen LogP contribution in [0.2, 0.25) is 0 Å². The SMILES string of the molecule is COC(=O)C(CC(=O)c1ccccc1)SC(C)=O. The minimum Gasteiger partial charge on any atom is -0.468 e. The molecule has 1 unspecified atom stereocenters. The van der Waals surface area contributed by atoms with Gasteiger partial charge in [-0.1, -0.05) is 42.1 Å². The van der Waals surface area contributed by atoms with Crippen molar-refractivity contribution in [1.29, 1.82) is 0 Å². The van der Waals surface area contributed by atoms with Crippen molar-refractivity contribution in [3.05, 3.63) is 35.9 Å². The number of ketones is 1. The molecule has 96 valence electrons. The van der Waals surface area contributed by atoms with Gasteiger partial charge in [0.15, 0.2) is 10.9 Å². The van der Waals surface area contributed by atoms with Gasteiger partial charge in [-0.05, 0) is 0 Å². The standard InChI is InChI=1S/C13H14O4S/c1-9(14)18-12(13(16)17-2)8-11(15)10-6-4-3-5-7-10/h3-7,12H,8H2,1-2H3. The van der Waals surface area contributed by atoms with E-state index in [1.165, 1.54) is 14.0 Å². The molecule has 0 radical (unpaired) electrons. The minimum atomic E-state index is -0.778. The second-order valence-electron chi connectivity index (χ2n) is 3.61. The first-order valence-electron chi connectivity index (χ1n) is 5.38. The molecule has 0 heterocycles. The van der Waals surface area contributed by atoms with E-state index in [4.69, 9.17) is 0 Å². The van der Waals surface area contributed by atoms with E-state index in [1.807, 2.05) is 0 Å². The largest absolute Gasteiger partial charge is 0.468 e. The lowest BCUT2D eigenvalue weighted by Gasteiger charge is -2.11. The van der Waals surface area contributed by atoms with Gasteiger partial charge in [0.05, 0.1) is 7.11 Å². The molecule has 0 N–H and O–H groups in total. The smallest absolute Gasteiger partial charge is 0.319 e. The van der Waals surface area contributed by atoms with E-state index in [0.717, 1.165) is 11.8 Å². The summed E-state index contributed by atoms with van der Waals surface area (Å²) in [5.41, 5.74) is 0.524. The van der Waals surface area contributed by atoms with Crippen molar-refractivity contribution in [3.8, 4) is 0 Å². The lowest BCUT2D eigenvalue weighted by Crippen LogP contribution is -2.23.